The van der Waals surface area contributed by atoms with E-state index in [1.165, 1.54) is 5.39 Å². The van der Waals surface area contributed by atoms with Gasteiger partial charge in [-0.25, -0.2) is 4.98 Å². The summed E-state index contributed by atoms with van der Waals surface area (Å²) in [4.78, 5) is 6.95. The summed E-state index contributed by atoms with van der Waals surface area (Å²) in [5.74, 6) is 2.01. The van der Waals surface area contributed by atoms with E-state index in [0.717, 1.165) is 62.6 Å². The Morgan fingerprint density at radius 2 is 2.05 bits per heavy atom. The zero-order valence-corrected chi connectivity index (χ0v) is 12.6. The fourth-order valence-corrected chi connectivity index (χ4v) is 2.60. The monoisotopic (exact) mass is 285 g/mol. The van der Waals surface area contributed by atoms with Crippen LogP contribution in [0.25, 0.3) is 10.8 Å². The lowest BCUT2D eigenvalue weighted by Gasteiger charge is -2.28. The molecule has 3 rings (SSSR count). The molecule has 0 unspecified atom stereocenters. The number of hydrogen-bond donors (Lipinski definition) is 1. The molecule has 1 aliphatic heterocycles. The lowest BCUT2D eigenvalue weighted by atomic mass is 10.1. The Bertz CT molecular complexity index is 594. The van der Waals surface area contributed by atoms with Crippen LogP contribution >= 0.6 is 0 Å². The number of benzene rings is 1. The van der Waals surface area contributed by atoms with Gasteiger partial charge in [-0.05, 0) is 30.0 Å². The molecule has 21 heavy (non-hydrogen) atoms. The van der Waals surface area contributed by atoms with Gasteiger partial charge in [0.25, 0.3) is 0 Å². The summed E-state index contributed by atoms with van der Waals surface area (Å²) < 4.78 is 5.75. The fraction of sp³-hybridized carbons (Fsp3) is 0.471. The number of ether oxygens (including phenoxy) is 1. The van der Waals surface area contributed by atoms with Crippen molar-refractivity contribution in [2.24, 2.45) is 0 Å². The van der Waals surface area contributed by atoms with E-state index in [2.05, 4.69) is 46.4 Å². The first kappa shape index (κ1) is 14.1. The van der Waals surface area contributed by atoms with Gasteiger partial charge in [-0.15, -0.1) is 0 Å². The van der Waals surface area contributed by atoms with E-state index in [1.54, 1.807) is 0 Å². The molecule has 1 aromatic heterocycles. The molecule has 2 aromatic rings. The van der Waals surface area contributed by atoms with Crippen LogP contribution in [-0.4, -0.2) is 37.8 Å². The second-order valence-electron chi connectivity index (χ2n) is 5.49. The normalized spacial score (nSPS) is 15.4. The Labute approximate surface area is 126 Å². The van der Waals surface area contributed by atoms with Gasteiger partial charge in [0.15, 0.2) is 0 Å². The minimum atomic E-state index is 0.786. The fourth-order valence-electron chi connectivity index (χ4n) is 2.60. The van der Waals surface area contributed by atoms with Gasteiger partial charge in [0.05, 0.1) is 6.61 Å². The van der Waals surface area contributed by atoms with Crippen molar-refractivity contribution < 1.29 is 4.74 Å². The molecule has 112 valence electrons. The highest BCUT2D eigenvalue weighted by Gasteiger charge is 2.11. The summed E-state index contributed by atoms with van der Waals surface area (Å²) in [5, 5.41) is 5.73. The highest BCUT2D eigenvalue weighted by atomic mass is 16.5. The van der Waals surface area contributed by atoms with Crippen molar-refractivity contribution in [3.05, 3.63) is 30.5 Å². The number of aromatic nitrogens is 1. The molecular formula is C17H23N3O. The van der Waals surface area contributed by atoms with Gasteiger partial charge < -0.3 is 15.0 Å². The van der Waals surface area contributed by atoms with Crippen LogP contribution in [0.3, 0.4) is 0 Å². The lowest BCUT2D eigenvalue weighted by molar-refractivity contribution is 0.310. The molecule has 0 amide bonds. The van der Waals surface area contributed by atoms with Gasteiger partial charge in [-0.2, -0.15) is 0 Å². The topological polar surface area (TPSA) is 37.4 Å². The standard InChI is InChI=1S/C17H23N3O/c1-2-3-10-21-16-5-4-14-12-17(19-13-15(14)11-16)20-8-6-18-7-9-20/h4-5,11-13,18H,2-3,6-10H2,1H3. The van der Waals surface area contributed by atoms with Crippen LogP contribution in [-0.2, 0) is 0 Å². The third-order valence-electron chi connectivity index (χ3n) is 3.89. The van der Waals surface area contributed by atoms with Crippen molar-refractivity contribution in [1.82, 2.24) is 10.3 Å². The summed E-state index contributed by atoms with van der Waals surface area (Å²) in [5.41, 5.74) is 0. The first-order valence-corrected chi connectivity index (χ1v) is 7.85. The van der Waals surface area contributed by atoms with E-state index >= 15 is 0 Å². The molecule has 2 heterocycles. The molecule has 1 saturated heterocycles. The van der Waals surface area contributed by atoms with E-state index in [4.69, 9.17) is 4.74 Å². The van der Waals surface area contributed by atoms with Gasteiger partial charge in [-0.3, -0.25) is 0 Å². The zero-order chi connectivity index (χ0) is 14.5. The van der Waals surface area contributed by atoms with E-state index in [-0.39, 0.29) is 0 Å². The summed E-state index contributed by atoms with van der Waals surface area (Å²) in [7, 11) is 0. The summed E-state index contributed by atoms with van der Waals surface area (Å²) in [6.45, 7) is 7.07. The number of unbranched alkanes of at least 4 members (excludes halogenated alkanes) is 1. The number of nitrogens with zero attached hydrogens (tertiary/aromatic N) is 2. The largest absolute Gasteiger partial charge is 0.494 e. The highest BCUT2D eigenvalue weighted by molar-refractivity contribution is 5.85. The number of nitrogens with one attached hydrogen (secondary N) is 1. The van der Waals surface area contributed by atoms with Gasteiger partial charge in [0, 0.05) is 37.8 Å². The average Bonchev–Trinajstić information content (AvgIpc) is 2.55. The van der Waals surface area contributed by atoms with E-state index in [1.807, 2.05) is 6.20 Å². The molecule has 0 aliphatic carbocycles. The van der Waals surface area contributed by atoms with Crippen molar-refractivity contribution >= 4 is 16.6 Å². The third-order valence-corrected chi connectivity index (χ3v) is 3.89. The molecular weight excluding hydrogens is 262 g/mol. The number of hydrogen-bond acceptors (Lipinski definition) is 4. The summed E-state index contributed by atoms with van der Waals surface area (Å²) in [6.07, 6.45) is 4.21. The van der Waals surface area contributed by atoms with Crippen LogP contribution in [0.15, 0.2) is 30.5 Å². The number of anilines is 1. The minimum absolute atomic E-state index is 0.786. The maximum atomic E-state index is 5.75. The molecule has 4 nitrogen and oxygen atoms in total. The van der Waals surface area contributed by atoms with Crippen LogP contribution in [0.4, 0.5) is 5.82 Å². The van der Waals surface area contributed by atoms with Crippen molar-refractivity contribution in [3.8, 4) is 5.75 Å². The van der Waals surface area contributed by atoms with E-state index in [9.17, 15) is 0 Å². The van der Waals surface area contributed by atoms with Crippen LogP contribution < -0.4 is 15.0 Å². The smallest absolute Gasteiger partial charge is 0.129 e. The summed E-state index contributed by atoms with van der Waals surface area (Å²) in [6, 6.07) is 8.44. The van der Waals surface area contributed by atoms with Gasteiger partial charge in [0.1, 0.15) is 11.6 Å². The van der Waals surface area contributed by atoms with Crippen LogP contribution in [0.5, 0.6) is 5.75 Å². The van der Waals surface area contributed by atoms with Crippen LogP contribution in [0.2, 0.25) is 0 Å². The Kier molecular flexibility index (Phi) is 4.55. The molecule has 1 fully saturated rings. The molecule has 0 spiro atoms. The zero-order valence-electron chi connectivity index (χ0n) is 12.6. The van der Waals surface area contributed by atoms with Crippen molar-refractivity contribution in [3.63, 3.8) is 0 Å². The lowest BCUT2D eigenvalue weighted by Crippen LogP contribution is -2.43. The molecule has 0 bridgehead atoms. The van der Waals surface area contributed by atoms with E-state index < -0.39 is 0 Å². The molecule has 1 aromatic carbocycles. The van der Waals surface area contributed by atoms with Crippen molar-refractivity contribution in [2.45, 2.75) is 19.8 Å². The Morgan fingerprint density at radius 3 is 2.86 bits per heavy atom. The number of pyridine rings is 1. The summed E-state index contributed by atoms with van der Waals surface area (Å²) >= 11 is 0. The predicted molar refractivity (Wildman–Crippen MR) is 87.2 cm³/mol. The number of rotatable bonds is 5. The minimum Gasteiger partial charge on any atom is -0.494 e. The third kappa shape index (κ3) is 3.45. The Balaban J connectivity index is 1.77. The van der Waals surface area contributed by atoms with Crippen molar-refractivity contribution in [2.75, 3.05) is 37.7 Å². The molecule has 1 N–H and O–H groups in total. The Morgan fingerprint density at radius 1 is 1.19 bits per heavy atom. The molecule has 0 saturated carbocycles. The van der Waals surface area contributed by atoms with Gasteiger partial charge >= 0.3 is 0 Å². The average molecular weight is 285 g/mol. The second kappa shape index (κ2) is 6.76. The highest BCUT2D eigenvalue weighted by Crippen LogP contribution is 2.24. The first-order chi connectivity index (χ1) is 10.4. The molecule has 0 atom stereocenters. The predicted octanol–water partition coefficient (Wildman–Crippen LogP) is 2.82. The quantitative estimate of drug-likeness (QED) is 0.857. The molecule has 0 radical (unpaired) electrons. The SMILES string of the molecule is CCCCOc1ccc2cc(N3CCNCC3)ncc2c1. The maximum Gasteiger partial charge on any atom is 0.129 e. The van der Waals surface area contributed by atoms with Crippen molar-refractivity contribution in [1.29, 1.82) is 0 Å². The number of fused-ring (bicyclic) bond motifs is 1. The molecule has 4 heteroatoms. The Hall–Kier alpha value is -1.81. The maximum absolute atomic E-state index is 5.75. The van der Waals surface area contributed by atoms with E-state index in [0.29, 0.717) is 0 Å². The molecule has 1 aliphatic rings. The van der Waals surface area contributed by atoms with Gasteiger partial charge in [-0.1, -0.05) is 19.4 Å². The van der Waals surface area contributed by atoms with Crippen LogP contribution in [0.1, 0.15) is 19.8 Å². The first-order valence-electron chi connectivity index (χ1n) is 7.85. The second-order valence-corrected chi connectivity index (χ2v) is 5.49. The van der Waals surface area contributed by atoms with Gasteiger partial charge in [0.2, 0.25) is 0 Å². The van der Waals surface area contributed by atoms with Crippen LogP contribution in [0, 0.1) is 0 Å². The number of piperazine rings is 1.